The van der Waals surface area contributed by atoms with Crippen molar-refractivity contribution in [1.29, 1.82) is 0 Å². The van der Waals surface area contributed by atoms with Gasteiger partial charge in [0.2, 0.25) is 11.8 Å². The summed E-state index contributed by atoms with van der Waals surface area (Å²) in [6.07, 6.45) is 9.16. The van der Waals surface area contributed by atoms with Crippen LogP contribution >= 0.6 is 0 Å². The number of H-pyrrole nitrogens is 2. The fraction of sp³-hybridized carbons (Fsp3) is 0.500. The number of aromatic nitrogens is 4. The first-order valence-electron chi connectivity index (χ1n) is 24.1. The molecule has 5 aromatic rings. The zero-order valence-electron chi connectivity index (χ0n) is 38.6. The van der Waals surface area contributed by atoms with Gasteiger partial charge < -0.3 is 39.9 Å². The van der Waals surface area contributed by atoms with Gasteiger partial charge >= 0.3 is 12.2 Å². The topological polar surface area (TPSA) is 175 Å². The van der Waals surface area contributed by atoms with Gasteiger partial charge in [0.25, 0.3) is 0 Å². The van der Waals surface area contributed by atoms with Crippen LogP contribution in [0.5, 0.6) is 0 Å². The van der Waals surface area contributed by atoms with Crippen LogP contribution in [0, 0.1) is 23.7 Å². The van der Waals surface area contributed by atoms with E-state index in [1.54, 1.807) is 0 Å². The van der Waals surface area contributed by atoms with E-state index in [-0.39, 0.29) is 47.8 Å². The largest absolute Gasteiger partial charge is 0.453 e. The predicted octanol–water partition coefficient (Wildman–Crippen LogP) is 9.13. The molecule has 2 saturated heterocycles. The molecule has 2 aliphatic heterocycles. The van der Waals surface area contributed by atoms with Gasteiger partial charge in [0, 0.05) is 12.1 Å². The number of piperidine rings is 2. The van der Waals surface area contributed by atoms with Gasteiger partial charge in [-0.05, 0) is 138 Å². The second-order valence-electron chi connectivity index (χ2n) is 20.5. The highest BCUT2D eigenvalue weighted by molar-refractivity contribution is 5.89. The van der Waals surface area contributed by atoms with E-state index in [4.69, 9.17) is 19.4 Å². The molecule has 3 saturated carbocycles. The summed E-state index contributed by atoms with van der Waals surface area (Å²) in [4.78, 5) is 73.4. The first-order valence-corrected chi connectivity index (χ1v) is 24.1. The van der Waals surface area contributed by atoms with E-state index in [0.717, 1.165) is 59.6 Å². The van der Waals surface area contributed by atoms with Crippen LogP contribution < -0.4 is 10.6 Å². The average molecular weight is 893 g/mol. The van der Waals surface area contributed by atoms with Crippen molar-refractivity contribution in [3.63, 3.8) is 0 Å². The summed E-state index contributed by atoms with van der Waals surface area (Å²) in [5.41, 5.74) is 11.7. The molecule has 8 atom stereocenters. The summed E-state index contributed by atoms with van der Waals surface area (Å²) >= 11 is 0. The molecule has 2 aromatic heterocycles. The molecule has 0 radical (unpaired) electrons. The van der Waals surface area contributed by atoms with Crippen LogP contribution in [-0.4, -0.2) is 92.1 Å². The van der Waals surface area contributed by atoms with E-state index in [1.165, 1.54) is 73.3 Å². The number of hydrogen-bond donors (Lipinski definition) is 4. The number of carbonyl (C=O) groups is 4. The number of aromatic amines is 2. The van der Waals surface area contributed by atoms with E-state index in [2.05, 4.69) is 75.2 Å². The summed E-state index contributed by atoms with van der Waals surface area (Å²) < 4.78 is 9.70. The number of fused-ring (bicyclic) bond motifs is 5. The maximum atomic E-state index is 14.1. The van der Waals surface area contributed by atoms with Crippen molar-refractivity contribution >= 4 is 35.0 Å². The minimum atomic E-state index is -0.677. The van der Waals surface area contributed by atoms with Gasteiger partial charge in [0.05, 0.1) is 49.2 Å². The molecule has 2 bridgehead atoms. The van der Waals surface area contributed by atoms with Crippen LogP contribution in [0.15, 0.2) is 60.8 Å². The third-order valence-electron chi connectivity index (χ3n) is 15.9. The van der Waals surface area contributed by atoms with Crippen LogP contribution in [-0.2, 0) is 19.1 Å². The highest BCUT2D eigenvalue weighted by Gasteiger charge is 2.57. The number of amides is 4. The third-order valence-corrected chi connectivity index (χ3v) is 15.9. The van der Waals surface area contributed by atoms with Crippen molar-refractivity contribution in [1.82, 2.24) is 40.4 Å². The quantitative estimate of drug-likeness (QED) is 0.102. The lowest BCUT2D eigenvalue weighted by atomic mass is 9.63. The number of rotatable bonds is 11. The Morgan fingerprint density at radius 3 is 1.67 bits per heavy atom. The highest BCUT2D eigenvalue weighted by atomic mass is 16.5. The molecule has 5 aliphatic carbocycles. The molecular formula is C52H60N8O6. The first kappa shape index (κ1) is 42.5. The molecule has 14 nitrogen and oxygen atoms in total. The molecule has 4 amide bonds. The number of carbonyl (C=O) groups excluding carboxylic acids is 4. The van der Waals surface area contributed by atoms with E-state index >= 15 is 0 Å². The van der Waals surface area contributed by atoms with Crippen molar-refractivity contribution < 1.29 is 28.7 Å². The molecule has 0 spiro atoms. The number of nitrogens with zero attached hydrogens (tertiary/aromatic N) is 4. The van der Waals surface area contributed by atoms with E-state index < -0.39 is 24.3 Å². The van der Waals surface area contributed by atoms with Crippen molar-refractivity contribution in [2.75, 3.05) is 14.2 Å². The Kier molecular flexibility index (Phi) is 10.5. The molecule has 7 aliphatic rings. The maximum Gasteiger partial charge on any atom is 0.407 e. The lowest BCUT2D eigenvalue weighted by Crippen LogP contribution is -2.52. The Morgan fingerprint density at radius 2 is 1.14 bits per heavy atom. The van der Waals surface area contributed by atoms with Crippen molar-refractivity contribution in [3.8, 4) is 33.5 Å². The number of methoxy groups -OCH3 is 2. The van der Waals surface area contributed by atoms with Gasteiger partial charge in [-0.2, -0.15) is 0 Å². The fourth-order valence-electron chi connectivity index (χ4n) is 12.3. The summed E-state index contributed by atoms with van der Waals surface area (Å²) in [5, 5.41) is 5.55. The molecule has 12 rings (SSSR count). The van der Waals surface area contributed by atoms with E-state index in [9.17, 15) is 19.2 Å². The highest BCUT2D eigenvalue weighted by Crippen LogP contribution is 2.57. The Morgan fingerprint density at radius 1 is 0.636 bits per heavy atom. The molecule has 344 valence electrons. The minimum absolute atomic E-state index is 0.0802. The van der Waals surface area contributed by atoms with Gasteiger partial charge in [-0.25, -0.2) is 19.6 Å². The standard InChI is InChI=1S/C52H60N8O6/c1-25(2)45(57-51(63)65-5)49(61)59-39-20-32(39)22-41(59)47-53-24-38(56-47)28-9-7-27(8-10-28)34-16-17-35(44-30-13-11-29(12-14-30)43(34)44)31-15-18-36-37(19-31)55-48(54-36)42-23-33-21-40(33)60(42)50(62)46(26(3)4)58-52(64)66-6/h7-10,15-19,24-26,29-30,32-33,39-42,45-46H,11-14,20-23H2,1-6H3,(H,53,56)(H,54,55)(H,57,63)(H,58,64)/t29?,30?,32?,33?,39?,40?,41-,42-,45-,46+/m0/s1. The molecule has 66 heavy (non-hydrogen) atoms. The summed E-state index contributed by atoms with van der Waals surface area (Å²) in [6.45, 7) is 7.76. The third kappa shape index (κ3) is 7.22. The number of benzene rings is 3. The molecular weight excluding hydrogens is 833 g/mol. The number of likely N-dealkylation sites (tertiary alicyclic amines) is 2. The summed E-state index contributed by atoms with van der Waals surface area (Å²) in [5.74, 6) is 3.13. The fourth-order valence-corrected chi connectivity index (χ4v) is 12.3. The predicted molar refractivity (Wildman–Crippen MR) is 249 cm³/mol. The number of alkyl carbamates (subject to hydrolysis) is 2. The Hall–Kier alpha value is -6.18. The summed E-state index contributed by atoms with van der Waals surface area (Å²) in [7, 11) is 2.63. The van der Waals surface area contributed by atoms with Gasteiger partial charge in [-0.15, -0.1) is 0 Å². The summed E-state index contributed by atoms with van der Waals surface area (Å²) in [6, 6.07) is 18.6. The molecule has 3 aromatic carbocycles. The van der Waals surface area contributed by atoms with Crippen LogP contribution in [0.1, 0.15) is 126 Å². The van der Waals surface area contributed by atoms with Crippen LogP contribution in [0.2, 0.25) is 0 Å². The first-order chi connectivity index (χ1) is 31.9. The van der Waals surface area contributed by atoms with Crippen molar-refractivity contribution in [3.05, 3.63) is 83.6 Å². The zero-order chi connectivity index (χ0) is 45.7. The van der Waals surface area contributed by atoms with E-state index in [1.807, 2.05) is 43.7 Å². The van der Waals surface area contributed by atoms with Crippen LogP contribution in [0.25, 0.3) is 44.5 Å². The molecule has 14 heteroatoms. The lowest BCUT2D eigenvalue weighted by Gasteiger charge is -2.41. The zero-order valence-corrected chi connectivity index (χ0v) is 38.6. The molecule has 4 N–H and O–H groups in total. The van der Waals surface area contributed by atoms with Gasteiger partial charge in [0.1, 0.15) is 23.7 Å². The van der Waals surface area contributed by atoms with Crippen molar-refractivity contribution in [2.24, 2.45) is 23.7 Å². The second-order valence-corrected chi connectivity index (χ2v) is 20.5. The van der Waals surface area contributed by atoms with Crippen LogP contribution in [0.4, 0.5) is 9.59 Å². The Bertz CT molecular complexity index is 2730. The number of hydrogen-bond acceptors (Lipinski definition) is 8. The maximum absolute atomic E-state index is 14.1. The normalized spacial score (nSPS) is 26.5. The molecule has 4 heterocycles. The van der Waals surface area contributed by atoms with Crippen molar-refractivity contribution in [2.45, 2.75) is 127 Å². The average Bonchev–Trinajstić information content (AvgIpc) is 3.95. The monoisotopic (exact) mass is 892 g/mol. The van der Waals surface area contributed by atoms with Gasteiger partial charge in [0.15, 0.2) is 0 Å². The smallest absolute Gasteiger partial charge is 0.407 e. The minimum Gasteiger partial charge on any atom is -0.453 e. The Balaban J connectivity index is 0.852. The molecule has 4 unspecified atom stereocenters. The number of ether oxygens (including phenoxy) is 2. The van der Waals surface area contributed by atoms with Gasteiger partial charge in [-0.1, -0.05) is 70.2 Å². The van der Waals surface area contributed by atoms with Gasteiger partial charge in [-0.3, -0.25) is 9.59 Å². The Labute approximate surface area is 385 Å². The molecule has 5 fully saturated rings. The number of nitrogens with one attached hydrogen (secondary N) is 4. The van der Waals surface area contributed by atoms with E-state index in [0.29, 0.717) is 23.7 Å². The SMILES string of the molecule is COC(=O)N[C@H](C(=O)N1C2CC2C[C@H]1c1ncc(-c2ccc(-c3ccc(-c4ccc5nc([C@@H]6CC7CC7N6C(=O)[C@H](NC(=O)OC)C(C)C)[nH]c5c4)c4c3C3CCC4CC3)cc2)[nH]1)C(C)C. The number of imidazole rings is 2. The lowest BCUT2D eigenvalue weighted by molar-refractivity contribution is -0.137. The second kappa shape index (κ2) is 16.3. The van der Waals surface area contributed by atoms with Crippen LogP contribution in [0.3, 0.4) is 0 Å².